The van der Waals surface area contributed by atoms with Crippen LogP contribution in [0.3, 0.4) is 0 Å². The Morgan fingerprint density at radius 3 is 2.74 bits per heavy atom. The number of amides is 1. The molecule has 27 heavy (non-hydrogen) atoms. The van der Waals surface area contributed by atoms with Gasteiger partial charge >= 0.3 is 0 Å². The molecule has 0 saturated heterocycles. The predicted octanol–water partition coefficient (Wildman–Crippen LogP) is 3.38. The van der Waals surface area contributed by atoms with Crippen molar-refractivity contribution in [2.75, 3.05) is 6.61 Å². The molecule has 1 amide bonds. The molecule has 0 bridgehead atoms. The van der Waals surface area contributed by atoms with E-state index in [0.717, 1.165) is 0 Å². The number of carbonyl (C=O) groups excluding carboxylic acids is 1. The topological polar surface area (TPSA) is 107 Å². The van der Waals surface area contributed by atoms with Gasteiger partial charge in [0.25, 0.3) is 11.6 Å². The Morgan fingerprint density at radius 1 is 1.15 bits per heavy atom. The van der Waals surface area contributed by atoms with Crippen molar-refractivity contribution in [3.8, 4) is 17.1 Å². The fourth-order valence-electron chi connectivity index (χ4n) is 2.22. The van der Waals surface area contributed by atoms with E-state index in [2.05, 4.69) is 10.5 Å². The molecule has 0 spiro atoms. The highest BCUT2D eigenvalue weighted by Crippen LogP contribution is 2.25. The van der Waals surface area contributed by atoms with Crippen LogP contribution < -0.4 is 10.2 Å². The van der Waals surface area contributed by atoms with Crippen LogP contribution in [-0.2, 0) is 4.79 Å². The molecule has 3 aromatic rings. The smallest absolute Gasteiger partial charge is 0.277 e. The number of hydrazone groups is 1. The van der Waals surface area contributed by atoms with Gasteiger partial charge in [0.1, 0.15) is 17.3 Å². The van der Waals surface area contributed by atoms with Crippen LogP contribution >= 0.6 is 0 Å². The molecule has 8 heteroatoms. The van der Waals surface area contributed by atoms with Gasteiger partial charge in [-0.3, -0.25) is 14.9 Å². The minimum absolute atomic E-state index is 0.0233. The second kappa shape index (κ2) is 8.43. The zero-order valence-corrected chi connectivity index (χ0v) is 14.1. The molecular formula is C19H15N3O5. The van der Waals surface area contributed by atoms with Crippen molar-refractivity contribution in [1.82, 2.24) is 5.43 Å². The van der Waals surface area contributed by atoms with Crippen molar-refractivity contribution in [2.24, 2.45) is 5.10 Å². The first-order chi connectivity index (χ1) is 13.1. The summed E-state index contributed by atoms with van der Waals surface area (Å²) in [6, 6.07) is 18.4. The van der Waals surface area contributed by atoms with E-state index >= 15 is 0 Å². The van der Waals surface area contributed by atoms with Crippen LogP contribution in [0, 0.1) is 10.1 Å². The summed E-state index contributed by atoms with van der Waals surface area (Å²) >= 11 is 0. The summed E-state index contributed by atoms with van der Waals surface area (Å²) in [5, 5.41) is 14.6. The molecule has 8 nitrogen and oxygen atoms in total. The van der Waals surface area contributed by atoms with Gasteiger partial charge < -0.3 is 9.15 Å². The Hall–Kier alpha value is -3.94. The zero-order valence-electron chi connectivity index (χ0n) is 14.1. The minimum atomic E-state index is -0.470. The molecule has 0 aliphatic heterocycles. The van der Waals surface area contributed by atoms with Gasteiger partial charge in [-0.25, -0.2) is 5.43 Å². The van der Waals surface area contributed by atoms with Gasteiger partial charge in [-0.15, -0.1) is 0 Å². The maximum atomic E-state index is 11.7. The minimum Gasteiger partial charge on any atom is -0.484 e. The fourth-order valence-corrected chi connectivity index (χ4v) is 2.22. The Kier molecular flexibility index (Phi) is 5.58. The molecule has 1 aromatic heterocycles. The van der Waals surface area contributed by atoms with Gasteiger partial charge in [0.15, 0.2) is 6.61 Å². The van der Waals surface area contributed by atoms with E-state index in [9.17, 15) is 14.9 Å². The Bertz CT molecular complexity index is 966. The van der Waals surface area contributed by atoms with Gasteiger partial charge in [0, 0.05) is 17.7 Å². The summed E-state index contributed by atoms with van der Waals surface area (Å²) < 4.78 is 10.9. The number of para-hydroxylation sites is 1. The van der Waals surface area contributed by atoms with Gasteiger partial charge in [-0.1, -0.05) is 30.3 Å². The highest BCUT2D eigenvalue weighted by Gasteiger charge is 2.09. The van der Waals surface area contributed by atoms with Crippen LogP contribution in [0.4, 0.5) is 5.69 Å². The van der Waals surface area contributed by atoms with E-state index in [0.29, 0.717) is 22.8 Å². The van der Waals surface area contributed by atoms with Crippen molar-refractivity contribution in [3.63, 3.8) is 0 Å². The number of benzene rings is 2. The first kappa shape index (κ1) is 17.9. The molecular weight excluding hydrogens is 350 g/mol. The van der Waals surface area contributed by atoms with E-state index in [4.69, 9.17) is 9.15 Å². The number of hydrogen-bond donors (Lipinski definition) is 1. The van der Waals surface area contributed by atoms with Crippen molar-refractivity contribution < 1.29 is 18.9 Å². The number of rotatable bonds is 7. The third-order valence-corrected chi connectivity index (χ3v) is 3.46. The lowest BCUT2D eigenvalue weighted by Gasteiger charge is -2.03. The summed E-state index contributed by atoms with van der Waals surface area (Å²) in [5.74, 6) is 1.02. The average Bonchev–Trinajstić information content (AvgIpc) is 3.16. The molecule has 0 unspecified atom stereocenters. The second-order valence-electron chi connectivity index (χ2n) is 5.40. The number of hydrogen-bond acceptors (Lipinski definition) is 6. The Labute approximate surface area is 154 Å². The second-order valence-corrected chi connectivity index (χ2v) is 5.40. The maximum Gasteiger partial charge on any atom is 0.277 e. The number of nitrogens with one attached hydrogen (secondary N) is 1. The van der Waals surface area contributed by atoms with Crippen molar-refractivity contribution in [2.45, 2.75) is 0 Å². The largest absolute Gasteiger partial charge is 0.484 e. The number of nitro benzene ring substituents is 1. The monoisotopic (exact) mass is 365 g/mol. The number of furan rings is 1. The van der Waals surface area contributed by atoms with Crippen LogP contribution in [0.2, 0.25) is 0 Å². The first-order valence-electron chi connectivity index (χ1n) is 7.96. The average molecular weight is 365 g/mol. The number of carbonyl (C=O) groups is 1. The maximum absolute atomic E-state index is 11.7. The third kappa shape index (κ3) is 5.02. The molecule has 136 valence electrons. The van der Waals surface area contributed by atoms with E-state index < -0.39 is 10.8 Å². The number of ether oxygens (including phenoxy) is 1. The highest BCUT2D eigenvalue weighted by atomic mass is 16.6. The fraction of sp³-hybridized carbons (Fsp3) is 0.0526. The van der Waals surface area contributed by atoms with Gasteiger partial charge in [0.05, 0.1) is 11.1 Å². The van der Waals surface area contributed by atoms with Gasteiger partial charge in [-0.05, 0) is 24.3 Å². The highest BCUT2D eigenvalue weighted by molar-refractivity contribution is 5.81. The molecule has 0 radical (unpaired) electrons. The molecule has 1 N–H and O–H groups in total. The number of nitro groups is 1. The van der Waals surface area contributed by atoms with Crippen LogP contribution in [-0.4, -0.2) is 23.7 Å². The molecule has 0 aliphatic carbocycles. The molecule has 3 rings (SSSR count). The van der Waals surface area contributed by atoms with Crippen LogP contribution in [0.15, 0.2) is 76.2 Å². The van der Waals surface area contributed by atoms with Crippen molar-refractivity contribution >= 4 is 17.8 Å². The molecule has 0 fully saturated rings. The zero-order chi connectivity index (χ0) is 19.1. The van der Waals surface area contributed by atoms with E-state index in [-0.39, 0.29) is 12.3 Å². The van der Waals surface area contributed by atoms with E-state index in [1.54, 1.807) is 48.5 Å². The first-order valence-corrected chi connectivity index (χ1v) is 7.96. The lowest BCUT2D eigenvalue weighted by Crippen LogP contribution is -2.24. The molecule has 0 saturated carbocycles. The van der Waals surface area contributed by atoms with Crippen LogP contribution in [0.5, 0.6) is 5.75 Å². The van der Waals surface area contributed by atoms with Crippen molar-refractivity contribution in [1.29, 1.82) is 0 Å². The predicted molar refractivity (Wildman–Crippen MR) is 98.5 cm³/mol. The third-order valence-electron chi connectivity index (χ3n) is 3.46. The lowest BCUT2D eigenvalue weighted by molar-refractivity contribution is -0.384. The van der Waals surface area contributed by atoms with Gasteiger partial charge in [0.2, 0.25) is 0 Å². The summed E-state index contributed by atoms with van der Waals surface area (Å²) in [5.41, 5.74) is 2.88. The van der Waals surface area contributed by atoms with Crippen LogP contribution in [0.1, 0.15) is 5.76 Å². The Morgan fingerprint density at radius 2 is 1.96 bits per heavy atom. The summed E-state index contributed by atoms with van der Waals surface area (Å²) in [6.07, 6.45) is 1.33. The molecule has 1 heterocycles. The molecule has 0 aliphatic rings. The standard InChI is InChI=1S/C19H15N3O5/c23-19(13-26-16-7-2-1-3-8-16)21-20-12-17-9-10-18(27-17)14-5-4-6-15(11-14)22(24)25/h1-12H,13H2,(H,21,23)/b20-12-. The molecule has 2 aromatic carbocycles. The summed E-state index contributed by atoms with van der Waals surface area (Å²) in [7, 11) is 0. The van der Waals surface area contributed by atoms with Crippen LogP contribution in [0.25, 0.3) is 11.3 Å². The number of non-ortho nitro benzene ring substituents is 1. The molecule has 0 atom stereocenters. The van der Waals surface area contributed by atoms with E-state index in [1.165, 1.54) is 18.3 Å². The van der Waals surface area contributed by atoms with E-state index in [1.807, 2.05) is 6.07 Å². The SMILES string of the molecule is O=C(COc1ccccc1)N/N=C\c1ccc(-c2cccc([N+](=O)[O-])c2)o1. The Balaban J connectivity index is 1.55. The normalized spacial score (nSPS) is 10.7. The summed E-state index contributed by atoms with van der Waals surface area (Å²) in [6.45, 7) is -0.168. The quantitative estimate of drug-likeness (QED) is 0.392. The van der Waals surface area contributed by atoms with Crippen molar-refractivity contribution in [3.05, 3.63) is 82.6 Å². The lowest BCUT2D eigenvalue weighted by atomic mass is 10.1. The summed E-state index contributed by atoms with van der Waals surface area (Å²) in [4.78, 5) is 22.1. The van der Waals surface area contributed by atoms with Gasteiger partial charge in [-0.2, -0.15) is 5.10 Å². The number of nitrogens with zero attached hydrogens (tertiary/aromatic N) is 2.